The summed E-state index contributed by atoms with van der Waals surface area (Å²) in [7, 11) is -7.27. The van der Waals surface area contributed by atoms with E-state index in [9.17, 15) is 16.8 Å². The van der Waals surface area contributed by atoms with Crippen molar-refractivity contribution < 1.29 is 16.8 Å². The van der Waals surface area contributed by atoms with E-state index >= 15 is 0 Å². The average Bonchev–Trinajstić information content (AvgIpc) is 2.99. The van der Waals surface area contributed by atoms with Crippen molar-refractivity contribution in [1.29, 1.82) is 0 Å². The number of nitrogens with one attached hydrogen (secondary N) is 1. The van der Waals surface area contributed by atoms with Crippen LogP contribution in [0.1, 0.15) is 43.2 Å². The van der Waals surface area contributed by atoms with Crippen LogP contribution in [0, 0.1) is 0 Å². The molecule has 156 valence electrons. The third-order valence-corrected chi connectivity index (χ3v) is 8.98. The van der Waals surface area contributed by atoms with Gasteiger partial charge >= 0.3 is 0 Å². The van der Waals surface area contributed by atoms with Gasteiger partial charge in [-0.2, -0.15) is 4.31 Å². The van der Waals surface area contributed by atoms with E-state index in [4.69, 9.17) is 0 Å². The summed E-state index contributed by atoms with van der Waals surface area (Å²) in [6.45, 7) is 1.07. The Morgan fingerprint density at radius 3 is 2.00 bits per heavy atom. The van der Waals surface area contributed by atoms with Crippen molar-refractivity contribution in [2.45, 2.75) is 54.7 Å². The van der Waals surface area contributed by atoms with Crippen LogP contribution in [0.4, 0.5) is 5.69 Å². The number of sulfonamides is 2. The zero-order chi connectivity index (χ0) is 20.5. The van der Waals surface area contributed by atoms with Gasteiger partial charge < -0.3 is 0 Å². The van der Waals surface area contributed by atoms with Gasteiger partial charge in [0.1, 0.15) is 0 Å². The van der Waals surface area contributed by atoms with Crippen LogP contribution in [0.15, 0.2) is 52.3 Å². The van der Waals surface area contributed by atoms with Crippen LogP contribution in [0.25, 0.3) is 0 Å². The van der Waals surface area contributed by atoms with Crippen molar-refractivity contribution in [1.82, 2.24) is 4.31 Å². The molecule has 1 aliphatic heterocycles. The van der Waals surface area contributed by atoms with E-state index in [1.807, 2.05) is 6.07 Å². The Bertz CT molecular complexity index is 1090. The highest BCUT2D eigenvalue weighted by molar-refractivity contribution is 7.92. The lowest BCUT2D eigenvalue weighted by Gasteiger charge is -2.20. The molecular weight excluding hydrogens is 408 g/mol. The number of aryl methyl sites for hydroxylation is 2. The summed E-state index contributed by atoms with van der Waals surface area (Å²) >= 11 is 0. The molecule has 1 N–H and O–H groups in total. The summed E-state index contributed by atoms with van der Waals surface area (Å²) in [6, 6.07) is 11.2. The molecule has 1 saturated heterocycles. The third kappa shape index (κ3) is 4.34. The molecule has 1 fully saturated rings. The molecule has 1 heterocycles. The molecule has 0 unspecified atom stereocenters. The Morgan fingerprint density at radius 1 is 0.690 bits per heavy atom. The smallest absolute Gasteiger partial charge is 0.261 e. The van der Waals surface area contributed by atoms with Gasteiger partial charge in [0.05, 0.1) is 9.79 Å². The fourth-order valence-corrected chi connectivity index (χ4v) is 6.68. The molecular formula is C21H26N2O4S2. The van der Waals surface area contributed by atoms with Gasteiger partial charge in [0.15, 0.2) is 0 Å². The maximum atomic E-state index is 12.9. The Labute approximate surface area is 173 Å². The molecule has 0 aromatic heterocycles. The van der Waals surface area contributed by atoms with E-state index in [-0.39, 0.29) is 9.79 Å². The summed E-state index contributed by atoms with van der Waals surface area (Å²) in [5.74, 6) is 0. The first kappa shape index (κ1) is 20.4. The molecule has 0 bridgehead atoms. The van der Waals surface area contributed by atoms with Crippen molar-refractivity contribution in [3.8, 4) is 0 Å². The first-order valence-electron chi connectivity index (χ1n) is 10.1. The second kappa shape index (κ2) is 8.08. The first-order valence-corrected chi connectivity index (χ1v) is 13.0. The lowest BCUT2D eigenvalue weighted by atomic mass is 10.1. The summed E-state index contributed by atoms with van der Waals surface area (Å²) < 4.78 is 55.3. The fraction of sp³-hybridized carbons (Fsp3) is 0.429. The van der Waals surface area contributed by atoms with E-state index in [1.165, 1.54) is 34.1 Å². The quantitative estimate of drug-likeness (QED) is 0.780. The van der Waals surface area contributed by atoms with Crippen LogP contribution in [-0.4, -0.2) is 34.2 Å². The highest BCUT2D eigenvalue weighted by atomic mass is 32.2. The van der Waals surface area contributed by atoms with Gasteiger partial charge in [-0.15, -0.1) is 0 Å². The van der Waals surface area contributed by atoms with Crippen LogP contribution < -0.4 is 4.72 Å². The predicted octanol–water partition coefficient (Wildman–Crippen LogP) is 3.54. The van der Waals surface area contributed by atoms with Crippen molar-refractivity contribution in [2.24, 2.45) is 0 Å². The van der Waals surface area contributed by atoms with E-state index in [0.29, 0.717) is 18.8 Å². The summed E-state index contributed by atoms with van der Waals surface area (Å²) in [4.78, 5) is 0.430. The molecule has 0 amide bonds. The molecule has 0 spiro atoms. The van der Waals surface area contributed by atoms with Crippen LogP contribution in [0.5, 0.6) is 0 Å². The molecule has 0 saturated carbocycles. The largest absolute Gasteiger partial charge is 0.280 e. The van der Waals surface area contributed by atoms with Crippen molar-refractivity contribution in [2.75, 3.05) is 17.8 Å². The normalized spacial score (nSPS) is 18.2. The fourth-order valence-electron chi connectivity index (χ4n) is 4.06. The maximum absolute atomic E-state index is 12.9. The molecule has 8 heteroatoms. The second-order valence-electron chi connectivity index (χ2n) is 7.73. The van der Waals surface area contributed by atoms with E-state index in [0.717, 1.165) is 50.5 Å². The first-order chi connectivity index (χ1) is 13.9. The Balaban J connectivity index is 1.52. The molecule has 2 aromatic rings. The summed E-state index contributed by atoms with van der Waals surface area (Å²) in [5.41, 5.74) is 2.65. The van der Waals surface area contributed by atoms with E-state index in [1.54, 1.807) is 12.1 Å². The van der Waals surface area contributed by atoms with E-state index in [2.05, 4.69) is 4.72 Å². The number of nitrogens with zero attached hydrogens (tertiary/aromatic N) is 1. The molecule has 29 heavy (non-hydrogen) atoms. The van der Waals surface area contributed by atoms with Crippen LogP contribution in [0.2, 0.25) is 0 Å². The van der Waals surface area contributed by atoms with Crippen molar-refractivity contribution in [3.05, 3.63) is 53.6 Å². The van der Waals surface area contributed by atoms with Gasteiger partial charge in [-0.25, -0.2) is 16.8 Å². The zero-order valence-electron chi connectivity index (χ0n) is 16.3. The minimum atomic E-state index is -3.72. The van der Waals surface area contributed by atoms with Gasteiger partial charge in [0.25, 0.3) is 10.0 Å². The Morgan fingerprint density at radius 2 is 1.31 bits per heavy atom. The number of fused-ring (bicyclic) bond motifs is 1. The van der Waals surface area contributed by atoms with Crippen LogP contribution in [0.3, 0.4) is 0 Å². The predicted molar refractivity (Wildman–Crippen MR) is 113 cm³/mol. The molecule has 2 aromatic carbocycles. The van der Waals surface area contributed by atoms with Gasteiger partial charge in [0, 0.05) is 18.8 Å². The Hall–Kier alpha value is -1.90. The van der Waals surface area contributed by atoms with Gasteiger partial charge in [-0.05, 0) is 79.6 Å². The molecule has 0 radical (unpaired) electrons. The van der Waals surface area contributed by atoms with Gasteiger partial charge in [-0.3, -0.25) is 4.72 Å². The lowest BCUT2D eigenvalue weighted by Crippen LogP contribution is -2.31. The maximum Gasteiger partial charge on any atom is 0.261 e. The molecule has 0 atom stereocenters. The topological polar surface area (TPSA) is 83.5 Å². The Kier molecular flexibility index (Phi) is 5.68. The summed E-state index contributed by atoms with van der Waals surface area (Å²) in [6.07, 6.45) is 6.80. The van der Waals surface area contributed by atoms with Crippen molar-refractivity contribution in [3.63, 3.8) is 0 Å². The standard InChI is InChI=1S/C21H26N2O4S2/c24-28(25,21-11-8-17-6-5-7-18(17)16-21)22-19-9-12-20(13-10-19)29(26,27)23-14-3-1-2-4-15-23/h8-13,16,22H,1-7,14-15H2. The molecule has 2 aliphatic rings. The molecule has 4 rings (SSSR count). The average molecular weight is 435 g/mol. The van der Waals surface area contributed by atoms with Gasteiger partial charge in [0.2, 0.25) is 10.0 Å². The van der Waals surface area contributed by atoms with Gasteiger partial charge in [-0.1, -0.05) is 18.9 Å². The monoisotopic (exact) mass is 434 g/mol. The van der Waals surface area contributed by atoms with E-state index < -0.39 is 20.0 Å². The lowest BCUT2D eigenvalue weighted by molar-refractivity contribution is 0.424. The van der Waals surface area contributed by atoms with Crippen LogP contribution in [-0.2, 0) is 32.9 Å². The van der Waals surface area contributed by atoms with Crippen LogP contribution >= 0.6 is 0 Å². The minimum Gasteiger partial charge on any atom is -0.280 e. The SMILES string of the molecule is O=S(=O)(Nc1ccc(S(=O)(=O)N2CCCCCC2)cc1)c1ccc2c(c1)CCC2. The number of benzene rings is 2. The van der Waals surface area contributed by atoms with Crippen molar-refractivity contribution >= 4 is 25.7 Å². The number of hydrogen-bond acceptors (Lipinski definition) is 4. The second-order valence-corrected chi connectivity index (χ2v) is 11.4. The number of rotatable bonds is 5. The molecule has 1 aliphatic carbocycles. The highest BCUT2D eigenvalue weighted by Crippen LogP contribution is 2.27. The number of anilines is 1. The number of hydrogen-bond donors (Lipinski definition) is 1. The minimum absolute atomic E-state index is 0.194. The zero-order valence-corrected chi connectivity index (χ0v) is 17.9. The highest BCUT2D eigenvalue weighted by Gasteiger charge is 2.25. The third-order valence-electron chi connectivity index (χ3n) is 5.69. The summed E-state index contributed by atoms with van der Waals surface area (Å²) in [5, 5.41) is 0. The molecule has 6 nitrogen and oxygen atoms in total.